The molecule has 0 radical (unpaired) electrons. The minimum Gasteiger partial charge on any atom is -0.454 e. The van der Waals surface area contributed by atoms with E-state index in [1.165, 1.54) is 69.8 Å². The standard InChI is InChI=1S/C21H23NO4.C20H22ClNO2.C20H19F2NO2.C19H16F2N2O2.C19H19F2NO2/c1-12(2)13-6-7-16-15(10-13)20-21(24-9-8-23-20)18(22-16)14-4-3-5-17-19(14)26-11-25-17;1-12(2)13-6-7-17-16(11-13)19-20(24-9-8-23-19)18(22-17)14-4-3-5-15(21)10-14;21-14-5-2-6-15(22)16(14)18-20-19(24-9-10-25-20)13-4-1-3-12(11-7-8-11)17(13)23-18;20-12-2-3-15(21)13(10-12)17-19-18(24-7-8-25-19)14-9-11(5-6-22)1-4-16(14)23-17;1-10(2)11-3-6-16-14(7-11)18-19(24-9-23-18)17(22-16)13-5-4-12(20)8-15(13)21/h3-7,10,12,18,20-22H,8-9,11H2,1-2H3;3-7,10-12,18-20,22H,8-9H2,1-2H3;1-6,11,18-20,23H,7-10H2;1-4,9-10,17-19,23H,5,7-8H2;3-8,10,17-19,22H,9H2,1-2H3. The first-order valence-corrected chi connectivity index (χ1v) is 43.2. The summed E-state index contributed by atoms with van der Waals surface area (Å²) >= 11 is 6.20. The molecule has 25 heteroatoms. The van der Waals surface area contributed by atoms with Gasteiger partial charge in [0.15, 0.2) is 11.5 Å². The molecule has 15 unspecified atom stereocenters. The number of fused-ring (bicyclic) bond motifs is 16. The lowest BCUT2D eigenvalue weighted by atomic mass is 9.85. The minimum absolute atomic E-state index is 0.0271. The van der Waals surface area contributed by atoms with E-state index in [-0.39, 0.29) is 79.5 Å². The zero-order chi connectivity index (χ0) is 85.6. The fraction of sp³-hybridized carbons (Fsp3) is 0.384. The number of rotatable bonds is 10. The number of halogens is 7. The molecular formula is C99H99ClF6N6O12. The summed E-state index contributed by atoms with van der Waals surface area (Å²) in [5.74, 6) is 0.219. The van der Waals surface area contributed by atoms with Crippen LogP contribution in [-0.2, 0) is 53.8 Å². The number of benzene rings is 10. The van der Waals surface area contributed by atoms with Gasteiger partial charge in [-0.2, -0.15) is 5.26 Å². The Bertz CT molecular complexity index is 5580. The molecule has 11 heterocycles. The van der Waals surface area contributed by atoms with E-state index in [4.69, 9.17) is 73.7 Å². The maximum absolute atomic E-state index is 14.5. The SMILES string of the molecule is CC(C)c1ccc2c(c1)C1OCCOC1C(c1cccc(Cl)c1)N2.CC(C)c1ccc2c(c1)C1OCCOC1C(c1cccc3c1OCO3)N2.CC(C)c1ccc2c(c1)C1OCOC1C(c1ccc(F)cc1F)N2.Fc1cccc(F)c1C1Nc2c(C3CC3)cccc2C2OCCOC12.N#CCc1ccc2c(c1)C1OCCOC1C(c1cc(F)ccc1F)N2. The van der Waals surface area contributed by atoms with Gasteiger partial charge in [0.1, 0.15) is 103 Å². The van der Waals surface area contributed by atoms with Crippen LogP contribution in [0.4, 0.5) is 54.8 Å². The lowest BCUT2D eigenvalue weighted by Gasteiger charge is -2.43. The summed E-state index contributed by atoms with van der Waals surface area (Å²) < 4.78 is 155. The van der Waals surface area contributed by atoms with E-state index in [1.807, 2.05) is 66.7 Å². The van der Waals surface area contributed by atoms with Gasteiger partial charge in [0.05, 0.1) is 95.6 Å². The molecule has 0 amide bonds. The molecule has 0 aromatic heterocycles. The molecule has 22 rings (SSSR count). The second-order valence-electron chi connectivity index (χ2n) is 33.9. The number of nitrogens with zero attached hydrogens (tertiary/aromatic N) is 1. The average molecular weight is 1710 g/mol. The molecule has 6 fully saturated rings. The van der Waals surface area contributed by atoms with Crippen LogP contribution in [0.1, 0.15) is 222 Å². The van der Waals surface area contributed by atoms with Crippen molar-refractivity contribution in [2.45, 2.75) is 176 Å². The van der Waals surface area contributed by atoms with Crippen molar-refractivity contribution < 1.29 is 83.2 Å². The zero-order valence-corrected chi connectivity index (χ0v) is 70.3. The number of hydrogen-bond acceptors (Lipinski definition) is 18. The van der Waals surface area contributed by atoms with Crippen molar-refractivity contribution in [2.75, 3.05) is 93.0 Å². The van der Waals surface area contributed by atoms with Gasteiger partial charge in [-0.15, -0.1) is 0 Å². The smallest absolute Gasteiger partial charge is 0.231 e. The van der Waals surface area contributed by atoms with Crippen LogP contribution in [-0.4, -0.2) is 97.0 Å². The maximum Gasteiger partial charge on any atom is 0.231 e. The second kappa shape index (κ2) is 36.8. The molecule has 10 aromatic carbocycles. The number of para-hydroxylation sites is 2. The highest BCUT2D eigenvalue weighted by molar-refractivity contribution is 6.30. The van der Waals surface area contributed by atoms with Crippen LogP contribution in [0.2, 0.25) is 5.02 Å². The Morgan fingerprint density at radius 2 is 0.823 bits per heavy atom. The van der Waals surface area contributed by atoms with Crippen molar-refractivity contribution in [3.63, 3.8) is 0 Å². The molecule has 1 aliphatic carbocycles. The van der Waals surface area contributed by atoms with E-state index in [1.54, 1.807) is 0 Å². The first kappa shape index (κ1) is 84.6. The Hall–Kier alpha value is -10.2. The van der Waals surface area contributed by atoms with E-state index in [2.05, 4.69) is 141 Å². The van der Waals surface area contributed by atoms with Crippen LogP contribution in [0.5, 0.6) is 11.5 Å². The highest BCUT2D eigenvalue weighted by Gasteiger charge is 2.49. The summed E-state index contributed by atoms with van der Waals surface area (Å²) in [7, 11) is 0. The molecule has 10 aromatic rings. The normalized spacial score (nSPS) is 26.0. The molecule has 0 bridgehead atoms. The molecule has 12 aliphatic rings. The molecule has 5 saturated heterocycles. The number of nitriles is 1. The van der Waals surface area contributed by atoms with Crippen LogP contribution in [0.25, 0.3) is 0 Å². The topological polar surface area (TPSA) is 195 Å². The van der Waals surface area contributed by atoms with Gasteiger partial charge < -0.3 is 83.4 Å². The monoisotopic (exact) mass is 1710 g/mol. The van der Waals surface area contributed by atoms with Gasteiger partial charge in [-0.3, -0.25) is 0 Å². The fourth-order valence-electron chi connectivity index (χ4n) is 18.8. The Balaban J connectivity index is 0.000000106. The van der Waals surface area contributed by atoms with Gasteiger partial charge >= 0.3 is 0 Å². The molecule has 1 saturated carbocycles. The predicted octanol–water partition coefficient (Wildman–Crippen LogP) is 22.0. The molecular weight excluding hydrogens is 1610 g/mol. The molecule has 5 N–H and O–H groups in total. The van der Waals surface area contributed by atoms with Crippen molar-refractivity contribution in [3.8, 4) is 17.6 Å². The number of nitrogens with one attached hydrogen (secondary N) is 5. The first-order valence-electron chi connectivity index (χ1n) is 42.8. The van der Waals surface area contributed by atoms with E-state index in [0.717, 1.165) is 109 Å². The maximum atomic E-state index is 14.5. The number of hydrogen-bond donors (Lipinski definition) is 5. The van der Waals surface area contributed by atoms with Crippen LogP contribution in [0.15, 0.2) is 188 Å². The van der Waals surface area contributed by atoms with Crippen molar-refractivity contribution in [1.82, 2.24) is 0 Å². The molecule has 646 valence electrons. The Morgan fingerprint density at radius 3 is 1.39 bits per heavy atom. The van der Waals surface area contributed by atoms with E-state index in [0.29, 0.717) is 88.5 Å². The largest absolute Gasteiger partial charge is 0.454 e. The van der Waals surface area contributed by atoms with Gasteiger partial charge in [-0.25, -0.2) is 26.3 Å². The summed E-state index contributed by atoms with van der Waals surface area (Å²) in [4.78, 5) is 0. The number of ether oxygens (including phenoxy) is 12. The highest BCUT2D eigenvalue weighted by Crippen LogP contribution is 2.55. The van der Waals surface area contributed by atoms with Gasteiger partial charge in [0.25, 0.3) is 0 Å². The van der Waals surface area contributed by atoms with Crippen LogP contribution in [0, 0.1) is 46.2 Å². The zero-order valence-electron chi connectivity index (χ0n) is 69.6. The third kappa shape index (κ3) is 17.3. The quantitative estimate of drug-likeness (QED) is 0.0811. The van der Waals surface area contributed by atoms with Crippen molar-refractivity contribution in [3.05, 3.63) is 311 Å². The molecule has 0 spiro atoms. The summed E-state index contributed by atoms with van der Waals surface area (Å²) in [5.41, 5.74) is 18.9. The Labute approximate surface area is 722 Å². The summed E-state index contributed by atoms with van der Waals surface area (Å²) in [6.45, 7) is 17.8. The lowest BCUT2D eigenvalue weighted by Crippen LogP contribution is -2.44. The van der Waals surface area contributed by atoms with Gasteiger partial charge in [0.2, 0.25) is 6.79 Å². The van der Waals surface area contributed by atoms with E-state index in [9.17, 15) is 26.3 Å². The highest BCUT2D eigenvalue weighted by atomic mass is 35.5. The first-order chi connectivity index (χ1) is 60.3. The summed E-state index contributed by atoms with van der Waals surface area (Å²) in [6, 6.07) is 56.7. The van der Waals surface area contributed by atoms with Crippen LogP contribution >= 0.6 is 11.6 Å². The molecule has 124 heavy (non-hydrogen) atoms. The van der Waals surface area contributed by atoms with Gasteiger partial charge in [-0.1, -0.05) is 150 Å². The second-order valence-corrected chi connectivity index (χ2v) is 34.3. The van der Waals surface area contributed by atoms with Gasteiger partial charge in [-0.05, 0) is 155 Å². The van der Waals surface area contributed by atoms with Crippen molar-refractivity contribution >= 4 is 40.0 Å². The van der Waals surface area contributed by atoms with Crippen molar-refractivity contribution in [2.24, 2.45) is 0 Å². The van der Waals surface area contributed by atoms with E-state index >= 15 is 0 Å². The van der Waals surface area contributed by atoms with Crippen molar-refractivity contribution in [1.29, 1.82) is 5.26 Å². The lowest BCUT2D eigenvalue weighted by molar-refractivity contribution is -0.151. The minimum atomic E-state index is -0.612. The van der Waals surface area contributed by atoms with E-state index < -0.39 is 71.3 Å². The molecule has 15 atom stereocenters. The fourth-order valence-corrected chi connectivity index (χ4v) is 19.0. The summed E-state index contributed by atoms with van der Waals surface area (Å²) in [6.07, 6.45) is 0.0919. The summed E-state index contributed by atoms with van der Waals surface area (Å²) in [5, 5.41) is 27.0. The number of anilines is 5. The Morgan fingerprint density at radius 1 is 0.363 bits per heavy atom. The van der Waals surface area contributed by atoms with Crippen LogP contribution in [0.3, 0.4) is 0 Å². The molecule has 18 nitrogen and oxygen atoms in total. The third-order valence-electron chi connectivity index (χ3n) is 25.1. The molecule has 11 aliphatic heterocycles. The Kier molecular flexibility index (Phi) is 25.1. The van der Waals surface area contributed by atoms with Crippen LogP contribution < -0.4 is 36.1 Å². The van der Waals surface area contributed by atoms with Gasteiger partial charge in [0, 0.05) is 89.6 Å². The predicted molar refractivity (Wildman–Crippen MR) is 458 cm³/mol. The third-order valence-corrected chi connectivity index (χ3v) is 25.4. The average Bonchev–Trinajstić information content (AvgIpc) is 1.36.